The van der Waals surface area contributed by atoms with Crippen LogP contribution in [0.2, 0.25) is 0 Å². The molecule has 1 aromatic rings. The average molecular weight is 235 g/mol. The third-order valence-corrected chi connectivity index (χ3v) is 2.79. The Kier molecular flexibility index (Phi) is 5.49. The quantitative estimate of drug-likeness (QED) is 0.304. The Morgan fingerprint density at radius 2 is 2.18 bits per heavy atom. The van der Waals surface area contributed by atoms with Gasteiger partial charge in [-0.1, -0.05) is 29.4 Å². The van der Waals surface area contributed by atoms with Crippen LogP contribution in [-0.2, 0) is 6.42 Å². The Morgan fingerprint density at radius 3 is 2.82 bits per heavy atom. The van der Waals surface area contributed by atoms with Gasteiger partial charge in [-0.05, 0) is 37.9 Å². The van der Waals surface area contributed by atoms with Crippen LogP contribution in [0.3, 0.4) is 0 Å². The van der Waals surface area contributed by atoms with Crippen molar-refractivity contribution >= 4 is 5.84 Å². The van der Waals surface area contributed by atoms with Gasteiger partial charge in [-0.2, -0.15) is 0 Å². The molecule has 0 bridgehead atoms. The molecule has 0 aromatic heterocycles. The molecule has 0 saturated carbocycles. The van der Waals surface area contributed by atoms with Crippen molar-refractivity contribution in [2.24, 2.45) is 10.9 Å². The largest absolute Gasteiger partial charge is 0.409 e. The molecule has 1 atom stereocenters. The van der Waals surface area contributed by atoms with Gasteiger partial charge in [-0.3, -0.25) is 0 Å². The number of benzene rings is 1. The second kappa shape index (κ2) is 6.91. The van der Waals surface area contributed by atoms with Crippen LogP contribution in [0, 0.1) is 6.92 Å². The van der Waals surface area contributed by atoms with Gasteiger partial charge >= 0.3 is 0 Å². The Labute approximate surface area is 103 Å². The molecule has 0 amide bonds. The summed E-state index contributed by atoms with van der Waals surface area (Å²) in [6.07, 6.45) is 1.55. The van der Waals surface area contributed by atoms with Crippen LogP contribution >= 0.6 is 0 Å². The van der Waals surface area contributed by atoms with Crippen LogP contribution in [0.4, 0.5) is 0 Å². The molecule has 1 rings (SSSR count). The summed E-state index contributed by atoms with van der Waals surface area (Å²) in [5, 5.41) is 14.8. The minimum atomic E-state index is 0.218. The lowest BCUT2D eigenvalue weighted by atomic mass is 10.1. The van der Waals surface area contributed by atoms with Crippen molar-refractivity contribution in [3.05, 3.63) is 35.4 Å². The van der Waals surface area contributed by atoms with E-state index in [4.69, 9.17) is 10.9 Å². The molecule has 0 radical (unpaired) electrons. The lowest BCUT2D eigenvalue weighted by molar-refractivity contribution is 0.316. The number of aryl methyl sites for hydroxylation is 1. The number of nitrogens with one attached hydrogen (secondary N) is 1. The fourth-order valence-corrected chi connectivity index (χ4v) is 1.77. The van der Waals surface area contributed by atoms with E-state index in [9.17, 15) is 0 Å². The third-order valence-electron chi connectivity index (χ3n) is 2.79. The molecule has 1 unspecified atom stereocenters. The van der Waals surface area contributed by atoms with Gasteiger partial charge in [0.1, 0.15) is 5.84 Å². The van der Waals surface area contributed by atoms with Crippen LogP contribution < -0.4 is 11.1 Å². The maximum atomic E-state index is 8.46. The molecule has 4 heteroatoms. The molecule has 94 valence electrons. The summed E-state index contributed by atoms with van der Waals surface area (Å²) in [4.78, 5) is 0. The molecule has 1 aromatic carbocycles. The first-order valence-electron chi connectivity index (χ1n) is 5.87. The lowest BCUT2D eigenvalue weighted by Crippen LogP contribution is -2.32. The van der Waals surface area contributed by atoms with Crippen LogP contribution in [0.5, 0.6) is 0 Å². The average Bonchev–Trinajstić information content (AvgIpc) is 2.31. The maximum Gasteiger partial charge on any atom is 0.140 e. The number of nitrogens with two attached hydrogens (primary N) is 1. The number of oxime groups is 1. The maximum absolute atomic E-state index is 8.46. The summed E-state index contributed by atoms with van der Waals surface area (Å²) in [6, 6.07) is 8.59. The zero-order valence-electron chi connectivity index (χ0n) is 10.5. The molecule has 0 fully saturated rings. The van der Waals surface area contributed by atoms with Gasteiger partial charge in [0.2, 0.25) is 0 Å². The van der Waals surface area contributed by atoms with E-state index in [2.05, 4.69) is 35.6 Å². The van der Waals surface area contributed by atoms with Crippen LogP contribution in [0.1, 0.15) is 24.5 Å². The molecule has 4 nitrogen and oxygen atoms in total. The SMILES string of the molecule is Cc1ccccc1CCNC(C)CC(N)=NO. The van der Waals surface area contributed by atoms with Gasteiger partial charge in [0.25, 0.3) is 0 Å². The van der Waals surface area contributed by atoms with E-state index >= 15 is 0 Å². The first kappa shape index (κ1) is 13.5. The van der Waals surface area contributed by atoms with Gasteiger partial charge in [0.05, 0.1) is 0 Å². The third kappa shape index (κ3) is 4.87. The fraction of sp³-hybridized carbons (Fsp3) is 0.462. The molecular weight excluding hydrogens is 214 g/mol. The molecule has 4 N–H and O–H groups in total. The highest BCUT2D eigenvalue weighted by molar-refractivity contribution is 5.80. The zero-order valence-corrected chi connectivity index (χ0v) is 10.5. The summed E-state index contributed by atoms with van der Waals surface area (Å²) >= 11 is 0. The summed E-state index contributed by atoms with van der Waals surface area (Å²) in [6.45, 7) is 5.04. The van der Waals surface area contributed by atoms with E-state index in [1.165, 1.54) is 11.1 Å². The molecule has 0 aliphatic carbocycles. The number of amidine groups is 1. The van der Waals surface area contributed by atoms with Gasteiger partial charge in [0, 0.05) is 12.5 Å². The van der Waals surface area contributed by atoms with Gasteiger partial charge in [0.15, 0.2) is 0 Å². The first-order chi connectivity index (χ1) is 8.13. The van der Waals surface area contributed by atoms with E-state index in [1.807, 2.05) is 13.0 Å². The highest BCUT2D eigenvalue weighted by Gasteiger charge is 2.04. The van der Waals surface area contributed by atoms with Crippen molar-refractivity contribution in [2.75, 3.05) is 6.54 Å². The highest BCUT2D eigenvalue weighted by atomic mass is 16.4. The van der Waals surface area contributed by atoms with E-state index < -0.39 is 0 Å². The minimum absolute atomic E-state index is 0.218. The molecule has 17 heavy (non-hydrogen) atoms. The summed E-state index contributed by atoms with van der Waals surface area (Å²) in [7, 11) is 0. The lowest BCUT2D eigenvalue weighted by Gasteiger charge is -2.13. The van der Waals surface area contributed by atoms with Crippen LogP contribution in [0.15, 0.2) is 29.4 Å². The molecular formula is C13H21N3O. The Balaban J connectivity index is 2.31. The van der Waals surface area contributed by atoms with Crippen molar-refractivity contribution in [3.63, 3.8) is 0 Å². The molecule has 0 saturated heterocycles. The van der Waals surface area contributed by atoms with Gasteiger partial charge in [-0.25, -0.2) is 0 Å². The molecule has 0 aliphatic rings. The predicted molar refractivity (Wildman–Crippen MR) is 70.4 cm³/mol. The number of rotatable bonds is 6. The molecule has 0 heterocycles. The van der Waals surface area contributed by atoms with E-state index in [0.29, 0.717) is 6.42 Å². The van der Waals surface area contributed by atoms with Crippen LogP contribution in [0.25, 0.3) is 0 Å². The zero-order chi connectivity index (χ0) is 12.7. The van der Waals surface area contributed by atoms with Crippen molar-refractivity contribution in [2.45, 2.75) is 32.7 Å². The summed E-state index contributed by atoms with van der Waals surface area (Å²) in [5.74, 6) is 0.265. The monoisotopic (exact) mass is 235 g/mol. The minimum Gasteiger partial charge on any atom is -0.409 e. The summed E-state index contributed by atoms with van der Waals surface area (Å²) in [5.41, 5.74) is 8.12. The fourth-order valence-electron chi connectivity index (χ4n) is 1.77. The number of hydrogen-bond acceptors (Lipinski definition) is 3. The van der Waals surface area contributed by atoms with Crippen LogP contribution in [-0.4, -0.2) is 23.6 Å². The Hall–Kier alpha value is -1.55. The Bertz CT molecular complexity index is 377. The first-order valence-corrected chi connectivity index (χ1v) is 5.87. The van der Waals surface area contributed by atoms with E-state index in [0.717, 1.165) is 13.0 Å². The number of hydrogen-bond donors (Lipinski definition) is 3. The molecule has 0 spiro atoms. The second-order valence-corrected chi connectivity index (χ2v) is 4.33. The number of nitrogens with zero attached hydrogens (tertiary/aromatic N) is 1. The van der Waals surface area contributed by atoms with E-state index in [-0.39, 0.29) is 11.9 Å². The Morgan fingerprint density at radius 1 is 1.47 bits per heavy atom. The second-order valence-electron chi connectivity index (χ2n) is 4.33. The normalized spacial score (nSPS) is 13.6. The smallest absolute Gasteiger partial charge is 0.140 e. The standard InChI is InChI=1S/C13H21N3O/c1-10-5-3-4-6-12(10)7-8-15-11(2)9-13(14)16-17/h3-6,11,15,17H,7-9H2,1-2H3,(H2,14,16). The van der Waals surface area contributed by atoms with Gasteiger partial charge in [-0.15, -0.1) is 0 Å². The van der Waals surface area contributed by atoms with Crippen molar-refractivity contribution in [3.8, 4) is 0 Å². The molecule has 0 aliphatic heterocycles. The van der Waals surface area contributed by atoms with Gasteiger partial charge < -0.3 is 16.3 Å². The van der Waals surface area contributed by atoms with Crippen molar-refractivity contribution < 1.29 is 5.21 Å². The highest BCUT2D eigenvalue weighted by Crippen LogP contribution is 2.07. The summed E-state index contributed by atoms with van der Waals surface area (Å²) < 4.78 is 0. The van der Waals surface area contributed by atoms with Crippen molar-refractivity contribution in [1.29, 1.82) is 0 Å². The van der Waals surface area contributed by atoms with E-state index in [1.54, 1.807) is 0 Å². The van der Waals surface area contributed by atoms with Crippen molar-refractivity contribution in [1.82, 2.24) is 5.32 Å². The topological polar surface area (TPSA) is 70.6 Å². The predicted octanol–water partition coefficient (Wildman–Crippen LogP) is 1.65.